The summed E-state index contributed by atoms with van der Waals surface area (Å²) in [6.45, 7) is 3.19. The van der Waals surface area contributed by atoms with Crippen LogP contribution in [0.1, 0.15) is 22.8 Å². The Kier molecular flexibility index (Phi) is 4.65. The van der Waals surface area contributed by atoms with Gasteiger partial charge in [0.2, 0.25) is 0 Å². The molecular formula is C15H18N4O. The molecule has 5 heteroatoms. The first-order valence-electron chi connectivity index (χ1n) is 6.56. The molecule has 0 saturated carbocycles. The molecule has 1 N–H and O–H groups in total. The van der Waals surface area contributed by atoms with Crippen molar-refractivity contribution in [3.05, 3.63) is 54.0 Å². The van der Waals surface area contributed by atoms with E-state index in [-0.39, 0.29) is 5.91 Å². The van der Waals surface area contributed by atoms with Gasteiger partial charge in [-0.05, 0) is 36.8 Å². The van der Waals surface area contributed by atoms with Gasteiger partial charge in [-0.1, -0.05) is 0 Å². The molecule has 0 bridgehead atoms. The Morgan fingerprint density at radius 2 is 2.00 bits per heavy atom. The van der Waals surface area contributed by atoms with Gasteiger partial charge in [-0.3, -0.25) is 9.78 Å². The summed E-state index contributed by atoms with van der Waals surface area (Å²) in [4.78, 5) is 22.4. The minimum absolute atomic E-state index is 0.0144. The first-order valence-corrected chi connectivity index (χ1v) is 6.56. The molecule has 0 aliphatic carbocycles. The van der Waals surface area contributed by atoms with Crippen molar-refractivity contribution in [1.29, 1.82) is 0 Å². The van der Waals surface area contributed by atoms with Crippen LogP contribution in [0.15, 0.2) is 42.9 Å². The zero-order chi connectivity index (χ0) is 14.4. The summed E-state index contributed by atoms with van der Waals surface area (Å²) in [6, 6.07) is 7.42. The van der Waals surface area contributed by atoms with Crippen LogP contribution >= 0.6 is 0 Å². The number of nitrogens with zero attached hydrogens (tertiary/aromatic N) is 3. The number of hydrogen-bond donors (Lipinski definition) is 1. The molecule has 0 fully saturated rings. The lowest BCUT2D eigenvalue weighted by atomic mass is 10.2. The zero-order valence-corrected chi connectivity index (χ0v) is 11.7. The lowest BCUT2D eigenvalue weighted by molar-refractivity contribution is 0.0752. The second kappa shape index (κ2) is 6.65. The van der Waals surface area contributed by atoms with Gasteiger partial charge in [-0.25, -0.2) is 4.98 Å². The summed E-state index contributed by atoms with van der Waals surface area (Å²) >= 11 is 0. The van der Waals surface area contributed by atoms with Crippen LogP contribution in [0.4, 0.5) is 5.82 Å². The van der Waals surface area contributed by atoms with Crippen molar-refractivity contribution in [2.75, 3.05) is 18.9 Å². The van der Waals surface area contributed by atoms with Gasteiger partial charge in [0.05, 0.1) is 5.56 Å². The fourth-order valence-corrected chi connectivity index (χ4v) is 1.89. The molecule has 1 amide bonds. The Hall–Kier alpha value is -2.43. The van der Waals surface area contributed by atoms with E-state index >= 15 is 0 Å². The quantitative estimate of drug-likeness (QED) is 0.904. The van der Waals surface area contributed by atoms with Crippen LogP contribution < -0.4 is 5.32 Å². The molecule has 0 saturated heterocycles. The van der Waals surface area contributed by atoms with Crippen LogP contribution in [-0.2, 0) is 6.54 Å². The molecule has 0 aromatic carbocycles. The number of carbonyl (C=O) groups excluding carboxylic acids is 1. The van der Waals surface area contributed by atoms with Crippen LogP contribution in [0, 0.1) is 0 Å². The first-order chi connectivity index (χ1) is 9.74. The number of aromatic nitrogens is 2. The summed E-state index contributed by atoms with van der Waals surface area (Å²) in [5, 5.41) is 2.93. The lowest BCUT2D eigenvalue weighted by Crippen LogP contribution is -2.30. The summed E-state index contributed by atoms with van der Waals surface area (Å²) in [5.41, 5.74) is 1.66. The summed E-state index contributed by atoms with van der Waals surface area (Å²) in [7, 11) is 1.80. The number of carbonyl (C=O) groups is 1. The number of amides is 1. The minimum atomic E-state index is -0.0144. The van der Waals surface area contributed by atoms with Crippen molar-refractivity contribution in [1.82, 2.24) is 14.9 Å². The molecule has 0 spiro atoms. The average Bonchev–Trinajstić information content (AvgIpc) is 2.53. The highest BCUT2D eigenvalue weighted by Gasteiger charge is 2.14. The van der Waals surface area contributed by atoms with Gasteiger partial charge < -0.3 is 10.2 Å². The SMILES string of the molecule is CCN(Cc1ccncc1)C(=O)c1ccc(NC)nc1. The highest BCUT2D eigenvalue weighted by molar-refractivity contribution is 5.94. The second-order valence-corrected chi connectivity index (χ2v) is 4.36. The fourth-order valence-electron chi connectivity index (χ4n) is 1.89. The number of nitrogens with one attached hydrogen (secondary N) is 1. The third-order valence-corrected chi connectivity index (χ3v) is 3.06. The molecule has 2 aromatic rings. The lowest BCUT2D eigenvalue weighted by Gasteiger charge is -2.21. The van der Waals surface area contributed by atoms with E-state index in [1.54, 1.807) is 42.7 Å². The van der Waals surface area contributed by atoms with E-state index in [9.17, 15) is 4.79 Å². The normalized spacial score (nSPS) is 10.1. The number of hydrogen-bond acceptors (Lipinski definition) is 4. The smallest absolute Gasteiger partial charge is 0.255 e. The number of rotatable bonds is 5. The second-order valence-electron chi connectivity index (χ2n) is 4.36. The molecule has 104 valence electrons. The Balaban J connectivity index is 2.12. The monoisotopic (exact) mass is 270 g/mol. The topological polar surface area (TPSA) is 58.1 Å². The predicted molar refractivity (Wildman–Crippen MR) is 78.4 cm³/mol. The van der Waals surface area contributed by atoms with Crippen molar-refractivity contribution in [3.8, 4) is 0 Å². The maximum atomic E-state index is 12.4. The van der Waals surface area contributed by atoms with Crippen LogP contribution in [-0.4, -0.2) is 34.4 Å². The molecule has 2 aromatic heterocycles. The predicted octanol–water partition coefficient (Wildman–Crippen LogP) is 2.18. The minimum Gasteiger partial charge on any atom is -0.373 e. The molecule has 0 unspecified atom stereocenters. The molecule has 0 radical (unpaired) electrons. The van der Waals surface area contributed by atoms with E-state index in [1.807, 2.05) is 19.1 Å². The van der Waals surface area contributed by atoms with E-state index in [2.05, 4.69) is 15.3 Å². The fraction of sp³-hybridized carbons (Fsp3) is 0.267. The largest absolute Gasteiger partial charge is 0.373 e. The summed E-state index contributed by atoms with van der Waals surface area (Å²) in [5.74, 6) is 0.734. The molecule has 0 aliphatic heterocycles. The number of anilines is 1. The molecule has 0 atom stereocenters. The van der Waals surface area contributed by atoms with Gasteiger partial charge in [0.15, 0.2) is 0 Å². The van der Waals surface area contributed by atoms with Crippen LogP contribution in [0.3, 0.4) is 0 Å². The Morgan fingerprint density at radius 1 is 1.25 bits per heavy atom. The Bertz CT molecular complexity index is 554. The summed E-state index contributed by atoms with van der Waals surface area (Å²) in [6.07, 6.45) is 5.07. The number of pyridine rings is 2. The third-order valence-electron chi connectivity index (χ3n) is 3.06. The Labute approximate surface area is 118 Å². The van der Waals surface area contributed by atoms with Gasteiger partial charge in [0, 0.05) is 38.7 Å². The molecule has 5 nitrogen and oxygen atoms in total. The van der Waals surface area contributed by atoms with Gasteiger partial charge in [0.25, 0.3) is 5.91 Å². The van der Waals surface area contributed by atoms with Crippen molar-refractivity contribution in [2.24, 2.45) is 0 Å². The summed E-state index contributed by atoms with van der Waals surface area (Å²) < 4.78 is 0. The molecule has 2 rings (SSSR count). The molecular weight excluding hydrogens is 252 g/mol. The zero-order valence-electron chi connectivity index (χ0n) is 11.7. The van der Waals surface area contributed by atoms with E-state index in [1.165, 1.54) is 0 Å². The standard InChI is InChI=1S/C15H18N4O/c1-3-19(11-12-6-8-17-9-7-12)15(20)13-4-5-14(16-2)18-10-13/h4-10H,3,11H2,1-2H3,(H,16,18). The van der Waals surface area contributed by atoms with Gasteiger partial charge >= 0.3 is 0 Å². The van der Waals surface area contributed by atoms with E-state index in [4.69, 9.17) is 0 Å². The average molecular weight is 270 g/mol. The van der Waals surface area contributed by atoms with Crippen LogP contribution in [0.2, 0.25) is 0 Å². The highest BCUT2D eigenvalue weighted by atomic mass is 16.2. The van der Waals surface area contributed by atoms with Crippen molar-refractivity contribution < 1.29 is 4.79 Å². The molecule has 0 aliphatic rings. The van der Waals surface area contributed by atoms with Gasteiger partial charge in [-0.15, -0.1) is 0 Å². The van der Waals surface area contributed by atoms with Crippen molar-refractivity contribution >= 4 is 11.7 Å². The maximum Gasteiger partial charge on any atom is 0.255 e. The van der Waals surface area contributed by atoms with Crippen molar-refractivity contribution in [3.63, 3.8) is 0 Å². The van der Waals surface area contributed by atoms with Crippen LogP contribution in [0.5, 0.6) is 0 Å². The van der Waals surface area contributed by atoms with E-state index in [0.29, 0.717) is 18.7 Å². The van der Waals surface area contributed by atoms with E-state index in [0.717, 1.165) is 11.4 Å². The van der Waals surface area contributed by atoms with Gasteiger partial charge in [-0.2, -0.15) is 0 Å². The third kappa shape index (κ3) is 3.32. The van der Waals surface area contributed by atoms with E-state index < -0.39 is 0 Å². The van der Waals surface area contributed by atoms with Crippen molar-refractivity contribution in [2.45, 2.75) is 13.5 Å². The molecule has 2 heterocycles. The highest BCUT2D eigenvalue weighted by Crippen LogP contribution is 2.10. The van der Waals surface area contributed by atoms with Gasteiger partial charge in [0.1, 0.15) is 5.82 Å². The van der Waals surface area contributed by atoms with Crippen LogP contribution in [0.25, 0.3) is 0 Å². The molecule has 20 heavy (non-hydrogen) atoms. The first kappa shape index (κ1) is 14.0. The Morgan fingerprint density at radius 3 is 2.55 bits per heavy atom. The maximum absolute atomic E-state index is 12.4.